The maximum atomic E-state index is 12.2. The van der Waals surface area contributed by atoms with Crippen molar-refractivity contribution < 1.29 is 24.2 Å². The molecule has 67 heavy (non-hydrogen) atoms. The molecule has 0 aromatic rings. The summed E-state index contributed by atoms with van der Waals surface area (Å²) in [5, 5.41) is 9.61. The van der Waals surface area contributed by atoms with Crippen LogP contribution in [0.4, 0.5) is 0 Å². The number of hydrogen-bond donors (Lipinski definition) is 1. The summed E-state index contributed by atoms with van der Waals surface area (Å²) in [5.41, 5.74) is 0. The van der Waals surface area contributed by atoms with E-state index in [2.05, 4.69) is 26.0 Å². The minimum absolute atomic E-state index is 0.0626. The van der Waals surface area contributed by atoms with E-state index in [0.717, 1.165) is 38.5 Å². The van der Waals surface area contributed by atoms with Crippen LogP contribution in [0, 0.1) is 0 Å². The van der Waals surface area contributed by atoms with Crippen molar-refractivity contribution in [3.8, 4) is 0 Å². The molecule has 0 aromatic heterocycles. The lowest BCUT2D eigenvalue weighted by molar-refractivity contribution is -0.161. The second kappa shape index (κ2) is 59.0. The zero-order chi connectivity index (χ0) is 48.5. The molecule has 398 valence electrons. The van der Waals surface area contributed by atoms with Gasteiger partial charge in [0.15, 0.2) is 6.10 Å². The number of unbranched alkanes of at least 4 members (excludes halogenated alkanes) is 48. The number of carbonyl (C=O) groups excluding carboxylic acids is 2. The molecule has 0 radical (unpaired) electrons. The summed E-state index contributed by atoms with van der Waals surface area (Å²) in [6.45, 7) is 4.16. The van der Waals surface area contributed by atoms with Crippen molar-refractivity contribution in [1.29, 1.82) is 0 Å². The summed E-state index contributed by atoms with van der Waals surface area (Å²) >= 11 is 0. The third-order valence-electron chi connectivity index (χ3n) is 14.3. The predicted octanol–water partition coefficient (Wildman–Crippen LogP) is 20.7. The maximum Gasteiger partial charge on any atom is 0.306 e. The molecule has 0 saturated carbocycles. The number of hydrogen-bond acceptors (Lipinski definition) is 5. The Labute approximate surface area is 420 Å². The molecule has 0 fully saturated rings. The monoisotopic (exact) mass is 945 g/mol. The second-order valence-electron chi connectivity index (χ2n) is 21.1. The van der Waals surface area contributed by atoms with Gasteiger partial charge in [-0.05, 0) is 38.5 Å². The van der Waals surface area contributed by atoms with Crippen LogP contribution in [0.1, 0.15) is 354 Å². The third kappa shape index (κ3) is 57.1. The Hall–Kier alpha value is -1.36. The highest BCUT2D eigenvalue weighted by molar-refractivity contribution is 5.70. The van der Waals surface area contributed by atoms with Gasteiger partial charge in [-0.15, -0.1) is 0 Å². The molecule has 0 amide bonds. The van der Waals surface area contributed by atoms with E-state index in [-0.39, 0.29) is 25.2 Å². The van der Waals surface area contributed by atoms with Crippen LogP contribution in [0.5, 0.6) is 0 Å². The van der Waals surface area contributed by atoms with E-state index in [1.54, 1.807) is 0 Å². The van der Waals surface area contributed by atoms with Crippen LogP contribution in [-0.2, 0) is 19.1 Å². The number of aliphatic hydroxyl groups excluding tert-OH is 1. The van der Waals surface area contributed by atoms with Crippen molar-refractivity contribution in [3.05, 3.63) is 12.2 Å². The fraction of sp³-hybridized carbons (Fsp3) is 0.935. The minimum atomic E-state index is -0.771. The highest BCUT2D eigenvalue weighted by Gasteiger charge is 2.16. The molecular formula is C62H120O5. The molecule has 5 nitrogen and oxygen atoms in total. The number of aliphatic hydroxyl groups is 1. The molecule has 5 heteroatoms. The Kier molecular flexibility index (Phi) is 57.8. The summed E-state index contributed by atoms with van der Waals surface area (Å²) in [6, 6.07) is 0. The van der Waals surface area contributed by atoms with Gasteiger partial charge in [-0.25, -0.2) is 0 Å². The number of rotatable bonds is 58. The molecule has 0 aromatic carbocycles. The summed E-state index contributed by atoms with van der Waals surface area (Å²) in [7, 11) is 0. The maximum absolute atomic E-state index is 12.2. The standard InChI is InChI=1S/C62H120O5/c1-3-5-7-9-11-13-15-17-18-19-20-21-22-23-24-25-26-27-28-29-30-31-32-33-34-35-36-37-38-39-40-41-42-43-45-46-48-50-52-54-56-61(64)66-59-60(58-63)67-62(65)57-55-53-51-49-47-44-16-14-12-10-8-6-4-2/h14,16,60,63H,3-13,15,17-59H2,1-2H3/b16-14-. The van der Waals surface area contributed by atoms with Gasteiger partial charge in [0.05, 0.1) is 6.61 Å². The van der Waals surface area contributed by atoms with Crippen molar-refractivity contribution >= 4 is 11.9 Å². The number of ether oxygens (including phenoxy) is 2. The van der Waals surface area contributed by atoms with Crippen LogP contribution in [0.15, 0.2) is 12.2 Å². The molecule has 0 aliphatic rings. The molecule has 1 unspecified atom stereocenters. The average molecular weight is 946 g/mol. The Morgan fingerprint density at radius 2 is 0.552 bits per heavy atom. The van der Waals surface area contributed by atoms with Gasteiger partial charge in [-0.2, -0.15) is 0 Å². The number of carbonyl (C=O) groups is 2. The summed E-state index contributed by atoms with van der Waals surface area (Å²) in [6.07, 6.45) is 73.9. The van der Waals surface area contributed by atoms with Gasteiger partial charge in [0.1, 0.15) is 6.61 Å². The van der Waals surface area contributed by atoms with Gasteiger partial charge in [-0.3, -0.25) is 9.59 Å². The fourth-order valence-corrected chi connectivity index (χ4v) is 9.67. The first-order valence-electron chi connectivity index (χ1n) is 30.7. The van der Waals surface area contributed by atoms with Crippen molar-refractivity contribution in [2.24, 2.45) is 0 Å². The molecule has 0 rings (SSSR count). The first kappa shape index (κ1) is 65.6. The van der Waals surface area contributed by atoms with Gasteiger partial charge in [0.2, 0.25) is 0 Å². The van der Waals surface area contributed by atoms with Crippen molar-refractivity contribution in [1.82, 2.24) is 0 Å². The fourth-order valence-electron chi connectivity index (χ4n) is 9.67. The Morgan fingerprint density at radius 1 is 0.328 bits per heavy atom. The predicted molar refractivity (Wildman–Crippen MR) is 293 cm³/mol. The zero-order valence-corrected chi connectivity index (χ0v) is 45.7. The Balaban J connectivity index is 3.31. The van der Waals surface area contributed by atoms with Gasteiger partial charge in [0.25, 0.3) is 0 Å². The van der Waals surface area contributed by atoms with Crippen molar-refractivity contribution in [2.75, 3.05) is 13.2 Å². The molecule has 0 saturated heterocycles. The van der Waals surface area contributed by atoms with E-state index in [1.807, 2.05) is 0 Å². The van der Waals surface area contributed by atoms with Crippen LogP contribution in [0.25, 0.3) is 0 Å². The average Bonchev–Trinajstić information content (AvgIpc) is 3.33. The quantitative estimate of drug-likeness (QED) is 0.0374. The molecule has 0 heterocycles. The molecule has 0 aliphatic heterocycles. The second-order valence-corrected chi connectivity index (χ2v) is 21.1. The van der Waals surface area contributed by atoms with Crippen molar-refractivity contribution in [2.45, 2.75) is 360 Å². The van der Waals surface area contributed by atoms with Gasteiger partial charge in [-0.1, -0.05) is 315 Å². The molecule has 0 aliphatic carbocycles. The van der Waals surface area contributed by atoms with E-state index in [9.17, 15) is 14.7 Å². The molecule has 0 spiro atoms. The van der Waals surface area contributed by atoms with E-state index in [4.69, 9.17) is 9.47 Å². The number of allylic oxidation sites excluding steroid dienone is 2. The van der Waals surface area contributed by atoms with E-state index < -0.39 is 6.10 Å². The van der Waals surface area contributed by atoms with Gasteiger partial charge >= 0.3 is 11.9 Å². The molecular weight excluding hydrogens is 825 g/mol. The highest BCUT2D eigenvalue weighted by Crippen LogP contribution is 2.19. The smallest absolute Gasteiger partial charge is 0.306 e. The molecule has 1 atom stereocenters. The number of esters is 2. The minimum Gasteiger partial charge on any atom is -0.462 e. The van der Waals surface area contributed by atoms with Gasteiger partial charge in [0, 0.05) is 12.8 Å². The van der Waals surface area contributed by atoms with Crippen LogP contribution in [-0.4, -0.2) is 36.4 Å². The largest absolute Gasteiger partial charge is 0.462 e. The summed E-state index contributed by atoms with van der Waals surface area (Å²) < 4.78 is 10.7. The van der Waals surface area contributed by atoms with Crippen LogP contribution < -0.4 is 0 Å². The Morgan fingerprint density at radius 3 is 0.821 bits per heavy atom. The van der Waals surface area contributed by atoms with E-state index in [1.165, 1.54) is 289 Å². The molecule has 0 bridgehead atoms. The lowest BCUT2D eigenvalue weighted by Gasteiger charge is -2.15. The lowest BCUT2D eigenvalue weighted by atomic mass is 10.0. The lowest BCUT2D eigenvalue weighted by Crippen LogP contribution is -2.28. The zero-order valence-electron chi connectivity index (χ0n) is 45.7. The van der Waals surface area contributed by atoms with Crippen LogP contribution >= 0.6 is 0 Å². The Bertz CT molecular complexity index is 979. The normalized spacial score (nSPS) is 12.1. The van der Waals surface area contributed by atoms with Gasteiger partial charge < -0.3 is 14.6 Å². The topological polar surface area (TPSA) is 72.8 Å². The SMILES string of the molecule is CCCCCC/C=C\CCCCCCCC(=O)OC(CO)COC(=O)CCCCCCCCCCCCCCCCCCCCCCCCCCCCCCCCCCCCCCCCCC. The van der Waals surface area contributed by atoms with Crippen LogP contribution in [0.2, 0.25) is 0 Å². The molecule has 1 N–H and O–H groups in total. The van der Waals surface area contributed by atoms with Crippen molar-refractivity contribution in [3.63, 3.8) is 0 Å². The van der Waals surface area contributed by atoms with E-state index >= 15 is 0 Å². The summed E-state index contributed by atoms with van der Waals surface area (Å²) in [5.74, 6) is -0.583. The first-order chi connectivity index (χ1) is 33.1. The van der Waals surface area contributed by atoms with E-state index in [0.29, 0.717) is 12.8 Å². The third-order valence-corrected chi connectivity index (χ3v) is 14.3. The summed E-state index contributed by atoms with van der Waals surface area (Å²) in [4.78, 5) is 24.4. The first-order valence-corrected chi connectivity index (χ1v) is 30.7. The van der Waals surface area contributed by atoms with Crippen LogP contribution in [0.3, 0.4) is 0 Å². The highest BCUT2D eigenvalue weighted by atomic mass is 16.6.